The average Bonchev–Trinajstić information content (AvgIpc) is 3.20. The van der Waals surface area contributed by atoms with Gasteiger partial charge in [-0.15, -0.1) is 0 Å². The summed E-state index contributed by atoms with van der Waals surface area (Å²) in [5.74, 6) is -0.0629. The highest BCUT2D eigenvalue weighted by Crippen LogP contribution is 2.22. The SMILES string of the molecule is CC(=O)NC[C@H]1CCN(C(=O)c2cc(S(=O)(=O)NCc3ccccc3)ccc2C)C1. The Morgan fingerprint density at radius 2 is 1.87 bits per heavy atom. The summed E-state index contributed by atoms with van der Waals surface area (Å²) in [6.07, 6.45) is 0.807. The zero-order valence-corrected chi connectivity index (χ0v) is 18.0. The van der Waals surface area contributed by atoms with Crippen molar-refractivity contribution in [3.63, 3.8) is 0 Å². The summed E-state index contributed by atoms with van der Waals surface area (Å²) in [5, 5.41) is 2.79. The Hall–Kier alpha value is -2.71. The maximum absolute atomic E-state index is 13.0. The molecule has 2 aromatic rings. The molecule has 1 fully saturated rings. The van der Waals surface area contributed by atoms with Crippen LogP contribution in [0, 0.1) is 12.8 Å². The molecule has 1 aliphatic rings. The summed E-state index contributed by atoms with van der Waals surface area (Å²) in [6.45, 7) is 5.12. The highest BCUT2D eigenvalue weighted by Gasteiger charge is 2.28. The first kappa shape index (κ1) is 22.0. The van der Waals surface area contributed by atoms with Crippen LogP contribution in [0.5, 0.6) is 0 Å². The lowest BCUT2D eigenvalue weighted by molar-refractivity contribution is -0.119. The number of benzene rings is 2. The first-order chi connectivity index (χ1) is 14.3. The highest BCUT2D eigenvalue weighted by atomic mass is 32.2. The summed E-state index contributed by atoms with van der Waals surface area (Å²) in [4.78, 5) is 25.9. The second kappa shape index (κ2) is 9.40. The van der Waals surface area contributed by atoms with Gasteiger partial charge in [0.1, 0.15) is 0 Å². The molecule has 8 heteroatoms. The molecule has 2 amide bonds. The number of nitrogens with one attached hydrogen (secondary N) is 2. The van der Waals surface area contributed by atoms with Crippen LogP contribution in [0.3, 0.4) is 0 Å². The van der Waals surface area contributed by atoms with Crippen molar-refractivity contribution in [3.8, 4) is 0 Å². The van der Waals surface area contributed by atoms with Gasteiger partial charge in [0, 0.05) is 38.7 Å². The number of sulfonamides is 1. The number of carbonyl (C=O) groups excluding carboxylic acids is 2. The van der Waals surface area contributed by atoms with Gasteiger partial charge in [-0.25, -0.2) is 13.1 Å². The summed E-state index contributed by atoms with van der Waals surface area (Å²) in [5.41, 5.74) is 1.97. The van der Waals surface area contributed by atoms with E-state index in [0.29, 0.717) is 25.2 Å². The van der Waals surface area contributed by atoms with E-state index in [4.69, 9.17) is 0 Å². The molecule has 0 aromatic heterocycles. The Morgan fingerprint density at radius 3 is 2.57 bits per heavy atom. The normalized spacial score (nSPS) is 16.5. The van der Waals surface area contributed by atoms with Crippen molar-refractivity contribution in [2.45, 2.75) is 31.7 Å². The molecule has 160 valence electrons. The third-order valence-electron chi connectivity index (χ3n) is 5.27. The average molecular weight is 430 g/mol. The lowest BCUT2D eigenvalue weighted by Gasteiger charge is -2.19. The molecule has 3 rings (SSSR count). The first-order valence-electron chi connectivity index (χ1n) is 9.94. The maximum atomic E-state index is 13.0. The van der Waals surface area contributed by atoms with Crippen LogP contribution in [0.15, 0.2) is 53.4 Å². The van der Waals surface area contributed by atoms with Crippen LogP contribution in [-0.2, 0) is 21.4 Å². The Bertz CT molecular complexity index is 1020. The third kappa shape index (κ3) is 5.46. The zero-order chi connectivity index (χ0) is 21.7. The van der Waals surface area contributed by atoms with Gasteiger partial charge in [-0.2, -0.15) is 0 Å². The Balaban J connectivity index is 1.71. The number of nitrogens with zero attached hydrogens (tertiary/aromatic N) is 1. The number of carbonyl (C=O) groups is 2. The van der Waals surface area contributed by atoms with E-state index in [0.717, 1.165) is 17.5 Å². The van der Waals surface area contributed by atoms with E-state index in [1.807, 2.05) is 30.3 Å². The summed E-state index contributed by atoms with van der Waals surface area (Å²) >= 11 is 0. The first-order valence-corrected chi connectivity index (χ1v) is 11.4. The quantitative estimate of drug-likeness (QED) is 0.704. The van der Waals surface area contributed by atoms with Crippen molar-refractivity contribution >= 4 is 21.8 Å². The van der Waals surface area contributed by atoms with Gasteiger partial charge in [0.25, 0.3) is 5.91 Å². The smallest absolute Gasteiger partial charge is 0.254 e. The Kier molecular flexibility index (Phi) is 6.89. The fraction of sp³-hybridized carbons (Fsp3) is 0.364. The van der Waals surface area contributed by atoms with Crippen molar-refractivity contribution in [2.75, 3.05) is 19.6 Å². The molecule has 1 atom stereocenters. The van der Waals surface area contributed by atoms with E-state index in [2.05, 4.69) is 10.0 Å². The highest BCUT2D eigenvalue weighted by molar-refractivity contribution is 7.89. The molecule has 1 saturated heterocycles. The molecule has 1 aliphatic heterocycles. The molecule has 0 spiro atoms. The van der Waals surface area contributed by atoms with Crippen LogP contribution in [0.25, 0.3) is 0 Å². The maximum Gasteiger partial charge on any atom is 0.254 e. The predicted molar refractivity (Wildman–Crippen MR) is 114 cm³/mol. The summed E-state index contributed by atoms with van der Waals surface area (Å²) in [6, 6.07) is 13.9. The molecule has 0 saturated carbocycles. The molecule has 0 radical (unpaired) electrons. The molecule has 2 N–H and O–H groups in total. The fourth-order valence-electron chi connectivity index (χ4n) is 3.50. The van der Waals surface area contributed by atoms with Crippen molar-refractivity contribution < 1.29 is 18.0 Å². The van der Waals surface area contributed by atoms with Crippen LogP contribution in [0.1, 0.15) is 34.8 Å². The minimum atomic E-state index is -3.75. The van der Waals surface area contributed by atoms with Gasteiger partial charge in [-0.3, -0.25) is 9.59 Å². The minimum Gasteiger partial charge on any atom is -0.356 e. The fourth-order valence-corrected chi connectivity index (χ4v) is 4.54. The number of likely N-dealkylation sites (tertiary alicyclic amines) is 1. The van der Waals surface area contributed by atoms with Gasteiger partial charge in [0.2, 0.25) is 15.9 Å². The Labute approximate surface area is 177 Å². The molecular weight excluding hydrogens is 402 g/mol. The van der Waals surface area contributed by atoms with Crippen molar-refractivity contribution in [3.05, 3.63) is 65.2 Å². The molecule has 7 nitrogen and oxygen atoms in total. The number of hydrogen-bond acceptors (Lipinski definition) is 4. The second-order valence-corrected chi connectivity index (χ2v) is 9.40. The lowest BCUT2D eigenvalue weighted by atomic mass is 10.1. The summed E-state index contributed by atoms with van der Waals surface area (Å²) in [7, 11) is -3.75. The van der Waals surface area contributed by atoms with Gasteiger partial charge in [-0.05, 0) is 42.5 Å². The molecule has 2 aromatic carbocycles. The van der Waals surface area contributed by atoms with E-state index >= 15 is 0 Å². The van der Waals surface area contributed by atoms with E-state index in [-0.39, 0.29) is 29.2 Å². The van der Waals surface area contributed by atoms with Crippen LogP contribution in [0.4, 0.5) is 0 Å². The minimum absolute atomic E-state index is 0.0707. The topological polar surface area (TPSA) is 95.6 Å². The van der Waals surface area contributed by atoms with E-state index < -0.39 is 10.0 Å². The number of amides is 2. The molecule has 0 aliphatic carbocycles. The lowest BCUT2D eigenvalue weighted by Crippen LogP contribution is -2.32. The van der Waals surface area contributed by atoms with Crippen molar-refractivity contribution in [1.29, 1.82) is 0 Å². The summed E-state index contributed by atoms with van der Waals surface area (Å²) < 4.78 is 28.1. The van der Waals surface area contributed by atoms with Crippen LogP contribution < -0.4 is 10.0 Å². The molecule has 0 bridgehead atoms. The van der Waals surface area contributed by atoms with Crippen LogP contribution in [-0.4, -0.2) is 44.8 Å². The second-order valence-electron chi connectivity index (χ2n) is 7.63. The molecular formula is C22H27N3O4S. The number of hydrogen-bond donors (Lipinski definition) is 2. The van der Waals surface area contributed by atoms with E-state index in [1.165, 1.54) is 19.1 Å². The van der Waals surface area contributed by atoms with Crippen molar-refractivity contribution in [1.82, 2.24) is 14.9 Å². The third-order valence-corrected chi connectivity index (χ3v) is 6.67. The predicted octanol–water partition coefficient (Wildman–Crippen LogP) is 2.07. The van der Waals surface area contributed by atoms with Crippen molar-refractivity contribution in [2.24, 2.45) is 5.92 Å². The van der Waals surface area contributed by atoms with Gasteiger partial charge in [0.05, 0.1) is 4.90 Å². The van der Waals surface area contributed by atoms with Crippen LogP contribution >= 0.6 is 0 Å². The molecule has 0 unspecified atom stereocenters. The monoisotopic (exact) mass is 429 g/mol. The van der Waals surface area contributed by atoms with Gasteiger partial charge < -0.3 is 10.2 Å². The largest absolute Gasteiger partial charge is 0.356 e. The molecule has 30 heavy (non-hydrogen) atoms. The van der Waals surface area contributed by atoms with Gasteiger partial charge in [0.15, 0.2) is 0 Å². The number of rotatable bonds is 7. The van der Waals surface area contributed by atoms with Crippen LogP contribution in [0.2, 0.25) is 0 Å². The Morgan fingerprint density at radius 1 is 1.13 bits per heavy atom. The van der Waals surface area contributed by atoms with Gasteiger partial charge >= 0.3 is 0 Å². The van der Waals surface area contributed by atoms with E-state index in [9.17, 15) is 18.0 Å². The van der Waals surface area contributed by atoms with E-state index in [1.54, 1.807) is 17.9 Å². The zero-order valence-electron chi connectivity index (χ0n) is 17.2. The van der Waals surface area contributed by atoms with Gasteiger partial charge in [-0.1, -0.05) is 36.4 Å². The standard InChI is InChI=1S/C22H27N3O4S/c1-16-8-9-20(30(28,29)24-14-18-6-4-3-5-7-18)12-21(16)22(27)25-11-10-19(15-25)13-23-17(2)26/h3-9,12,19,24H,10-11,13-15H2,1-2H3,(H,23,26)/t19-/m1/s1. The molecule has 1 heterocycles. The number of aryl methyl sites for hydroxylation is 1.